The minimum atomic E-state index is -1.39. The molecule has 43 heavy (non-hydrogen) atoms. The van der Waals surface area contributed by atoms with Crippen LogP contribution in [0, 0.1) is 6.92 Å². The average Bonchev–Trinajstić information content (AvgIpc) is 2.91. The number of hydrogen-bond donors (Lipinski definition) is 4. The summed E-state index contributed by atoms with van der Waals surface area (Å²) in [5.41, 5.74) is 6.15. The van der Waals surface area contributed by atoms with Crippen molar-refractivity contribution >= 4 is 41.1 Å². The Labute approximate surface area is 259 Å². The Morgan fingerprint density at radius 3 is 2.21 bits per heavy atom. The highest BCUT2D eigenvalue weighted by Gasteiger charge is 2.37. The quantitative estimate of drug-likeness (QED) is 0.180. The molecule has 2 atom stereocenters. The number of nitrogens with one attached hydrogen (secondary N) is 2. The van der Waals surface area contributed by atoms with Gasteiger partial charge in [-0.25, -0.2) is 4.79 Å². The van der Waals surface area contributed by atoms with Gasteiger partial charge in [-0.1, -0.05) is 74.9 Å². The first-order valence-electron chi connectivity index (χ1n) is 14.7. The molecule has 236 valence electrons. The molecule has 0 heterocycles. The van der Waals surface area contributed by atoms with Crippen LogP contribution in [0.1, 0.15) is 89.8 Å². The van der Waals surface area contributed by atoms with Gasteiger partial charge in [0.25, 0.3) is 5.91 Å². The zero-order valence-electron chi connectivity index (χ0n) is 25.7. The lowest BCUT2D eigenvalue weighted by Crippen LogP contribution is -2.53. The molecule has 0 aliphatic carbocycles. The topological polar surface area (TPSA) is 151 Å². The van der Waals surface area contributed by atoms with E-state index < -0.39 is 47.9 Å². The normalized spacial score (nSPS) is 12.6. The Morgan fingerprint density at radius 1 is 1.00 bits per heavy atom. The first kappa shape index (κ1) is 35.4. The van der Waals surface area contributed by atoms with Crippen molar-refractivity contribution in [2.24, 2.45) is 5.73 Å². The maximum Gasteiger partial charge on any atom is 0.408 e. The van der Waals surface area contributed by atoms with E-state index in [0.717, 1.165) is 37.7 Å². The molecule has 4 amide bonds. The molecule has 2 aromatic carbocycles. The fraction of sp³-hybridized carbons (Fsp3) is 0.500. The SMILES string of the molecule is CCCCCCCCN(C(=O)C(CC(N)=O)NC(=O)OC(C)(C)C)C(C(=O)Nc1c(C)cccc1Cl)c1ccc(O)cc1. The fourth-order valence-electron chi connectivity index (χ4n) is 4.59. The van der Waals surface area contributed by atoms with Gasteiger partial charge < -0.3 is 31.1 Å². The van der Waals surface area contributed by atoms with Gasteiger partial charge in [-0.3, -0.25) is 14.4 Å². The van der Waals surface area contributed by atoms with Gasteiger partial charge >= 0.3 is 6.09 Å². The number of hydrogen-bond acceptors (Lipinski definition) is 6. The van der Waals surface area contributed by atoms with E-state index in [-0.39, 0.29) is 12.3 Å². The third kappa shape index (κ3) is 11.8. The van der Waals surface area contributed by atoms with Gasteiger partial charge in [0.2, 0.25) is 11.8 Å². The van der Waals surface area contributed by atoms with Gasteiger partial charge in [0.15, 0.2) is 0 Å². The van der Waals surface area contributed by atoms with Crippen LogP contribution in [0.3, 0.4) is 0 Å². The Bertz CT molecular complexity index is 1230. The van der Waals surface area contributed by atoms with Crippen molar-refractivity contribution in [3.05, 3.63) is 58.6 Å². The maximum atomic E-state index is 14.2. The number of ether oxygens (including phenoxy) is 1. The lowest BCUT2D eigenvalue weighted by molar-refractivity contribution is -0.142. The molecule has 0 bridgehead atoms. The third-order valence-corrected chi connectivity index (χ3v) is 6.98. The zero-order valence-corrected chi connectivity index (χ0v) is 26.5. The molecule has 0 saturated carbocycles. The van der Waals surface area contributed by atoms with Crippen LogP contribution < -0.4 is 16.4 Å². The van der Waals surface area contributed by atoms with Crippen molar-refractivity contribution in [1.29, 1.82) is 0 Å². The number of aromatic hydroxyl groups is 1. The number of rotatable bonds is 15. The summed E-state index contributed by atoms with van der Waals surface area (Å²) in [6, 6.07) is 8.55. The number of unbranched alkanes of at least 4 members (excludes halogenated alkanes) is 5. The van der Waals surface area contributed by atoms with E-state index in [1.54, 1.807) is 58.0 Å². The molecule has 0 radical (unpaired) electrons. The zero-order chi connectivity index (χ0) is 32.2. The minimum absolute atomic E-state index is 0.0168. The van der Waals surface area contributed by atoms with Crippen molar-refractivity contribution < 1.29 is 29.0 Å². The van der Waals surface area contributed by atoms with E-state index in [4.69, 9.17) is 22.1 Å². The van der Waals surface area contributed by atoms with Crippen LogP contribution in [0.15, 0.2) is 42.5 Å². The summed E-state index contributed by atoms with van der Waals surface area (Å²) in [4.78, 5) is 54.3. The van der Waals surface area contributed by atoms with Crippen molar-refractivity contribution in [3.8, 4) is 5.75 Å². The summed E-state index contributed by atoms with van der Waals surface area (Å²) >= 11 is 6.41. The van der Waals surface area contributed by atoms with E-state index >= 15 is 0 Å². The van der Waals surface area contributed by atoms with Crippen molar-refractivity contribution in [1.82, 2.24) is 10.2 Å². The van der Waals surface area contributed by atoms with E-state index in [1.807, 2.05) is 0 Å². The predicted octanol–water partition coefficient (Wildman–Crippen LogP) is 5.99. The number of primary amides is 1. The largest absolute Gasteiger partial charge is 0.508 e. The second-order valence-electron chi connectivity index (χ2n) is 11.6. The molecule has 0 aliphatic heterocycles. The number of phenols is 1. The van der Waals surface area contributed by atoms with Gasteiger partial charge in [0.05, 0.1) is 17.1 Å². The van der Waals surface area contributed by atoms with Crippen molar-refractivity contribution in [2.45, 2.75) is 97.2 Å². The van der Waals surface area contributed by atoms with Crippen LogP contribution in [-0.2, 0) is 19.1 Å². The molecular weight excluding hydrogens is 572 g/mol. The molecule has 10 nitrogen and oxygen atoms in total. The number of carbonyl (C=O) groups is 4. The Morgan fingerprint density at radius 2 is 1.63 bits per heavy atom. The van der Waals surface area contributed by atoms with Crippen LogP contribution >= 0.6 is 11.6 Å². The second-order valence-corrected chi connectivity index (χ2v) is 12.0. The van der Waals surface area contributed by atoms with Crippen LogP contribution in [-0.4, -0.2) is 52.0 Å². The Balaban J connectivity index is 2.55. The molecule has 5 N–H and O–H groups in total. The molecule has 0 spiro atoms. The highest BCUT2D eigenvalue weighted by molar-refractivity contribution is 6.34. The summed E-state index contributed by atoms with van der Waals surface area (Å²) in [6.07, 6.45) is 4.14. The van der Waals surface area contributed by atoms with Gasteiger partial charge in [-0.2, -0.15) is 0 Å². The fourth-order valence-corrected chi connectivity index (χ4v) is 4.86. The van der Waals surface area contributed by atoms with Crippen molar-refractivity contribution in [3.63, 3.8) is 0 Å². The first-order chi connectivity index (χ1) is 20.2. The predicted molar refractivity (Wildman–Crippen MR) is 168 cm³/mol. The number of amides is 4. The van der Waals surface area contributed by atoms with Gasteiger partial charge in [-0.15, -0.1) is 0 Å². The monoisotopic (exact) mass is 616 g/mol. The Hall–Kier alpha value is -3.79. The molecule has 2 unspecified atom stereocenters. The highest BCUT2D eigenvalue weighted by Crippen LogP contribution is 2.30. The number of phenolic OH excluding ortho intramolecular Hbond substituents is 1. The third-order valence-electron chi connectivity index (χ3n) is 6.67. The highest BCUT2D eigenvalue weighted by atomic mass is 35.5. The number of benzene rings is 2. The summed E-state index contributed by atoms with van der Waals surface area (Å²) < 4.78 is 5.33. The number of para-hydroxylation sites is 1. The number of carbonyl (C=O) groups excluding carboxylic acids is 4. The summed E-state index contributed by atoms with van der Waals surface area (Å²) in [7, 11) is 0. The van der Waals surface area contributed by atoms with Crippen LogP contribution in [0.5, 0.6) is 5.75 Å². The molecule has 0 saturated heterocycles. The van der Waals surface area contributed by atoms with Gasteiger partial charge in [0, 0.05) is 6.54 Å². The standard InChI is InChI=1S/C32H45ClN4O6/c1-6-7-8-9-10-11-19-37(30(41)25(20-26(34)39)35-31(42)43-32(3,4)5)28(22-15-17-23(38)18-16-22)29(40)36-27-21(2)13-12-14-24(27)33/h12-18,25,28,38H,6-11,19-20H2,1-5H3,(H2,34,39)(H,35,42)(H,36,40). The summed E-state index contributed by atoms with van der Waals surface area (Å²) in [6.45, 7) is 9.08. The number of anilines is 1. The van der Waals surface area contributed by atoms with Crippen LogP contribution in [0.4, 0.5) is 10.5 Å². The number of nitrogens with zero attached hydrogens (tertiary/aromatic N) is 1. The van der Waals surface area contributed by atoms with E-state index in [0.29, 0.717) is 22.7 Å². The molecule has 11 heteroatoms. The van der Waals surface area contributed by atoms with Crippen LogP contribution in [0.25, 0.3) is 0 Å². The molecular formula is C32H45ClN4O6. The van der Waals surface area contributed by atoms with Gasteiger partial charge in [-0.05, 0) is 63.4 Å². The molecule has 2 aromatic rings. The number of aryl methyl sites for hydroxylation is 1. The van der Waals surface area contributed by atoms with E-state index in [2.05, 4.69) is 17.6 Å². The van der Waals surface area contributed by atoms with E-state index in [1.165, 1.54) is 17.0 Å². The molecule has 0 aromatic heterocycles. The Kier molecular flexibility index (Phi) is 13.8. The first-order valence-corrected chi connectivity index (χ1v) is 15.0. The maximum absolute atomic E-state index is 14.2. The number of halogens is 1. The molecule has 0 fully saturated rings. The lowest BCUT2D eigenvalue weighted by Gasteiger charge is -2.34. The smallest absolute Gasteiger partial charge is 0.408 e. The molecule has 2 rings (SSSR count). The van der Waals surface area contributed by atoms with Crippen LogP contribution in [0.2, 0.25) is 5.02 Å². The lowest BCUT2D eigenvalue weighted by atomic mass is 10.0. The average molecular weight is 617 g/mol. The summed E-state index contributed by atoms with van der Waals surface area (Å²) in [5.74, 6) is -2.07. The minimum Gasteiger partial charge on any atom is -0.508 e. The summed E-state index contributed by atoms with van der Waals surface area (Å²) in [5, 5.41) is 15.6. The second kappa shape index (κ2) is 16.7. The number of nitrogens with two attached hydrogens (primary N) is 1. The van der Waals surface area contributed by atoms with Gasteiger partial charge in [0.1, 0.15) is 23.4 Å². The van der Waals surface area contributed by atoms with E-state index in [9.17, 15) is 24.3 Å². The van der Waals surface area contributed by atoms with Crippen molar-refractivity contribution in [2.75, 3.05) is 11.9 Å². The number of alkyl carbamates (subject to hydrolysis) is 1. The molecule has 0 aliphatic rings.